The highest BCUT2D eigenvalue weighted by molar-refractivity contribution is 5.79. The molecule has 0 unspecified atom stereocenters. The number of carbonyl (C=O) groups excluding carboxylic acids is 1. The number of piperidine rings is 2. The molecule has 0 aliphatic carbocycles. The molecule has 2 aliphatic heterocycles. The molecule has 0 bridgehead atoms. The Balaban J connectivity index is 0.000000257. The molecule has 2 fully saturated rings. The SMILES string of the molecule is [2H]C1([2H])C(=O)C([2H])([2H])C([2H])([2H])N(Cc2ccccc2)C1([2H])[2H].[2H]c1c([2H])c([2H])c(N)c([2H])c1[2H].[2H]c1c([2H])c([2H])c(NC2(C#N)C([2H])([2H])C([2H])([2H])N(Cc3ccccc3)C([2H])([2H])C2([2H])[2H])c([2H])c1[2H]. The number of nitrogen functional groups attached to an aromatic ring is 1. The number of rotatable bonds is 6. The third-order valence-electron chi connectivity index (χ3n) is 5.23. The monoisotopic (exact) mass is 600 g/mol. The summed E-state index contributed by atoms with van der Waals surface area (Å²) in [7, 11) is 0. The summed E-state index contributed by atoms with van der Waals surface area (Å²) < 4.78 is 206. The van der Waals surface area contributed by atoms with E-state index in [-0.39, 0.29) is 24.3 Å². The lowest BCUT2D eigenvalue weighted by molar-refractivity contribution is -0.121. The lowest BCUT2D eigenvalue weighted by Gasteiger charge is -2.38. The molecule has 0 saturated carbocycles. The Bertz CT molecular complexity index is 2450. The Hall–Kier alpha value is -4.44. The Kier molecular flexibility index (Phi) is 4.67. The first-order chi connectivity index (χ1) is 31.2. The average molecular weight is 600 g/mol. The second-order valence-electron chi connectivity index (χ2n) is 8.45. The van der Waals surface area contributed by atoms with E-state index < -0.39 is 123 Å². The van der Waals surface area contributed by atoms with Crippen LogP contribution >= 0.6 is 0 Å². The Morgan fingerprint density at radius 3 is 1.72 bits per heavy atom. The predicted molar refractivity (Wildman–Crippen MR) is 176 cm³/mol. The van der Waals surface area contributed by atoms with Crippen LogP contribution in [0.3, 0.4) is 0 Å². The molecule has 0 atom stereocenters. The molecule has 2 saturated heterocycles. The number of carbonyl (C=O) groups is 1. The summed E-state index contributed by atoms with van der Waals surface area (Å²) in [6.07, 6.45) is -13.4. The fraction of sp³-hybridized carbons (Fsp3) is 0.297. The summed E-state index contributed by atoms with van der Waals surface area (Å²) in [5.74, 6) is -1.72. The number of nitrogens with two attached hydrogens (primary N) is 1. The van der Waals surface area contributed by atoms with E-state index in [0.29, 0.717) is 20.9 Å². The van der Waals surface area contributed by atoms with Gasteiger partial charge in [0.1, 0.15) is 11.3 Å². The second-order valence-corrected chi connectivity index (χ2v) is 8.45. The van der Waals surface area contributed by atoms with E-state index in [1.165, 1.54) is 18.2 Å². The first-order valence-corrected chi connectivity index (χ1v) is 12.5. The number of nitriles is 1. The number of anilines is 2. The second kappa shape index (κ2) is 16.9. The Labute approximate surface area is 293 Å². The zero-order valence-electron chi connectivity index (χ0n) is 48.5. The highest BCUT2D eigenvalue weighted by Crippen LogP contribution is 2.27. The number of para-hydroxylation sites is 2. The molecule has 6 rings (SSSR count). The van der Waals surface area contributed by atoms with Gasteiger partial charge in [-0.25, -0.2) is 0 Å². The van der Waals surface area contributed by atoms with Crippen LogP contribution in [0.15, 0.2) is 121 Å². The van der Waals surface area contributed by atoms with Crippen LogP contribution in [0.1, 0.15) is 72.3 Å². The molecule has 0 aromatic heterocycles. The van der Waals surface area contributed by atoms with Crippen molar-refractivity contribution >= 4 is 17.2 Å². The number of ketones is 1. The molecular weight excluding hydrogens is 530 g/mol. The highest BCUT2D eigenvalue weighted by Gasteiger charge is 2.34. The molecular formula is C37H43N5O. The molecule has 43 heavy (non-hydrogen) atoms. The molecule has 4 aromatic rings. The quantitative estimate of drug-likeness (QED) is 0.238. The Morgan fingerprint density at radius 1 is 0.767 bits per heavy atom. The number of hydrogen-bond acceptors (Lipinski definition) is 6. The van der Waals surface area contributed by atoms with Gasteiger partial charge in [-0.05, 0) is 48.0 Å². The van der Waals surface area contributed by atoms with Gasteiger partial charge < -0.3 is 11.1 Å². The van der Waals surface area contributed by atoms with Crippen molar-refractivity contribution in [3.05, 3.63) is 132 Å². The topological polar surface area (TPSA) is 85.4 Å². The van der Waals surface area contributed by atoms with E-state index >= 15 is 0 Å². The summed E-state index contributed by atoms with van der Waals surface area (Å²) in [6.45, 7) is -13.5. The maximum Gasteiger partial charge on any atom is 0.135 e. The normalized spacial score (nSPS) is 34.5. The van der Waals surface area contributed by atoms with Crippen molar-refractivity contribution in [3.8, 4) is 6.07 Å². The summed E-state index contributed by atoms with van der Waals surface area (Å²) in [4.78, 5) is 12.7. The van der Waals surface area contributed by atoms with Crippen molar-refractivity contribution in [1.29, 1.82) is 5.26 Å². The highest BCUT2D eigenvalue weighted by atomic mass is 16.1. The number of hydrogen-bond donors (Lipinski definition) is 2. The van der Waals surface area contributed by atoms with Gasteiger partial charge in [-0.3, -0.25) is 14.6 Å². The number of nitrogens with one attached hydrogen (secondary N) is 1. The largest absolute Gasteiger partial charge is 0.399 e. The lowest BCUT2D eigenvalue weighted by atomic mass is 9.88. The van der Waals surface area contributed by atoms with Gasteiger partial charge in [0, 0.05) is 85.1 Å². The molecule has 222 valence electrons. The van der Waals surface area contributed by atoms with Crippen LogP contribution in [0.25, 0.3) is 0 Å². The molecule has 6 heteroatoms. The number of likely N-dealkylation sites (tertiary alicyclic amines) is 2. The van der Waals surface area contributed by atoms with Gasteiger partial charge in [-0.1, -0.05) is 96.9 Å². The average Bonchev–Trinajstić information content (AvgIpc) is 3.28. The smallest absolute Gasteiger partial charge is 0.135 e. The van der Waals surface area contributed by atoms with Gasteiger partial charge in [-0.2, -0.15) is 5.26 Å². The third-order valence-corrected chi connectivity index (χ3v) is 5.23. The van der Waals surface area contributed by atoms with Crippen LogP contribution in [0.2, 0.25) is 0 Å². The van der Waals surface area contributed by atoms with Crippen molar-refractivity contribution in [2.24, 2.45) is 0 Å². The van der Waals surface area contributed by atoms with Crippen LogP contribution in [0.4, 0.5) is 11.4 Å². The molecule has 6 nitrogen and oxygen atoms in total. The van der Waals surface area contributed by atoms with Gasteiger partial charge >= 0.3 is 0 Å². The lowest BCUT2D eigenvalue weighted by Crippen LogP contribution is -2.48. The molecule has 0 radical (unpaired) electrons. The van der Waals surface area contributed by atoms with Crippen molar-refractivity contribution in [1.82, 2.24) is 9.80 Å². The summed E-state index contributed by atoms with van der Waals surface area (Å²) >= 11 is 0. The van der Waals surface area contributed by atoms with Gasteiger partial charge in [0.15, 0.2) is 0 Å². The van der Waals surface area contributed by atoms with Crippen LogP contribution in [0, 0.1) is 11.3 Å². The Morgan fingerprint density at radius 2 is 1.23 bits per heavy atom. The van der Waals surface area contributed by atoms with Crippen LogP contribution < -0.4 is 11.1 Å². The van der Waals surface area contributed by atoms with Crippen molar-refractivity contribution in [3.63, 3.8) is 0 Å². The number of benzene rings is 4. The predicted octanol–water partition coefficient (Wildman–Crippen LogP) is 6.78. The molecule has 0 amide bonds. The number of Topliss-reactive ketones (excluding diaryl/α,β-unsaturated/α-hetero) is 1. The zero-order valence-corrected chi connectivity index (χ0v) is 22.5. The molecule has 0 spiro atoms. The standard InChI is InChI=1S/C19H21N3.C12H15NO.C6H7N/c20-16-19(21-18-9-5-2-6-10-18)11-13-22(14-12-19)15-17-7-3-1-4-8-17;14-12-6-8-13(9-7-12)10-11-4-2-1-3-5-11;7-6-4-2-1-3-5-6/h1-10,21H,11-15H2;1-5H,6-10H2;1-5H,7H2/i2D,5D,6D,9D,10D,11D2,12D2,13D2,14D2;6D2,7D2,8D2,9D2;1D,2D,3D,4D,5D. The maximum absolute atomic E-state index is 11.9. The molecule has 4 aromatic carbocycles. The molecule has 2 aliphatic rings. The minimum Gasteiger partial charge on any atom is -0.399 e. The van der Waals surface area contributed by atoms with Gasteiger partial charge in [0.25, 0.3) is 0 Å². The molecule has 2 heterocycles. The van der Waals surface area contributed by atoms with Crippen LogP contribution in [-0.2, 0) is 17.9 Å². The fourth-order valence-corrected chi connectivity index (χ4v) is 3.25. The van der Waals surface area contributed by atoms with E-state index in [4.69, 9.17) is 41.4 Å². The summed E-state index contributed by atoms with van der Waals surface area (Å²) in [5, 5.41) is 12.1. The van der Waals surface area contributed by atoms with Crippen molar-refractivity contribution in [2.45, 2.75) is 44.1 Å². The first kappa shape index (κ1) is 11.9. The van der Waals surface area contributed by atoms with E-state index in [1.807, 2.05) is 5.32 Å². The minimum absolute atomic E-state index is 0.207. The fourth-order valence-electron chi connectivity index (χ4n) is 3.25. The maximum atomic E-state index is 11.9. The van der Waals surface area contributed by atoms with E-state index in [2.05, 4.69) is 0 Å². The van der Waals surface area contributed by atoms with Crippen LogP contribution in [0.5, 0.6) is 0 Å². The van der Waals surface area contributed by atoms with Crippen molar-refractivity contribution < 1.29 is 40.4 Å². The first-order valence-electron chi connectivity index (χ1n) is 25.5. The third kappa shape index (κ3) is 11.1. The van der Waals surface area contributed by atoms with E-state index in [0.717, 1.165) is 0 Å². The van der Waals surface area contributed by atoms with E-state index in [1.54, 1.807) is 48.5 Å². The minimum atomic E-state index is -3.51. The zero-order chi connectivity index (χ0) is 53.2. The van der Waals surface area contributed by atoms with Gasteiger partial charge in [-0.15, -0.1) is 0 Å². The summed E-state index contributed by atoms with van der Waals surface area (Å²) in [6, 6.07) is 11.2. The van der Waals surface area contributed by atoms with Crippen molar-refractivity contribution in [2.75, 3.05) is 37.0 Å². The number of nitrogens with zero attached hydrogens (tertiary/aromatic N) is 3. The summed E-state index contributed by atoms with van der Waals surface area (Å²) in [5.41, 5.74) is 1.67. The van der Waals surface area contributed by atoms with Crippen LogP contribution in [-0.4, -0.2) is 47.1 Å². The van der Waals surface area contributed by atoms with Gasteiger partial charge in [0.2, 0.25) is 0 Å². The molecule has 3 N–H and O–H groups in total. The van der Waals surface area contributed by atoms with Gasteiger partial charge in [0.05, 0.1) is 19.8 Å². The van der Waals surface area contributed by atoms with E-state index in [9.17, 15) is 10.1 Å².